The number of aromatic nitrogens is 2. The van der Waals surface area contributed by atoms with Gasteiger partial charge in [-0.1, -0.05) is 11.6 Å². The minimum absolute atomic E-state index is 0.757. The first kappa shape index (κ1) is 10.4. The summed E-state index contributed by atoms with van der Waals surface area (Å²) in [5, 5.41) is 15.0. The fourth-order valence-electron chi connectivity index (χ4n) is 2.51. The highest BCUT2D eigenvalue weighted by Crippen LogP contribution is 2.41. The molecule has 0 amide bonds. The number of hydrogen-bond donors (Lipinski definition) is 0. The summed E-state index contributed by atoms with van der Waals surface area (Å²) in [6.45, 7) is 0. The zero-order valence-corrected chi connectivity index (χ0v) is 10.1. The van der Waals surface area contributed by atoms with Crippen LogP contribution >= 0.6 is 11.6 Å². The van der Waals surface area contributed by atoms with E-state index in [2.05, 4.69) is 11.2 Å². The van der Waals surface area contributed by atoms with Crippen LogP contribution in [0.1, 0.15) is 17.5 Å². The molecule has 1 aliphatic carbocycles. The second kappa shape index (κ2) is 3.61. The van der Waals surface area contributed by atoms with Crippen LogP contribution in [0.5, 0.6) is 0 Å². The van der Waals surface area contributed by atoms with Gasteiger partial charge in [0.15, 0.2) is 0 Å². The molecule has 0 radical (unpaired) electrons. The fraction of sp³-hybridized carbons (Fsp3) is 0.231. The number of hydrogen-bond acceptors (Lipinski definition) is 2. The molecule has 1 aliphatic rings. The molecule has 3 rings (SSSR count). The third kappa shape index (κ3) is 1.45. The van der Waals surface area contributed by atoms with Crippen LogP contribution in [-0.4, -0.2) is 9.78 Å². The van der Waals surface area contributed by atoms with Crippen LogP contribution in [0.2, 0.25) is 5.02 Å². The molecule has 84 valence electrons. The molecule has 0 saturated carbocycles. The number of fused-ring (bicyclic) bond motifs is 3. The van der Waals surface area contributed by atoms with E-state index in [0.717, 1.165) is 45.5 Å². The molecule has 4 heteroatoms. The molecule has 0 saturated heterocycles. The van der Waals surface area contributed by atoms with Gasteiger partial charge in [0.1, 0.15) is 0 Å². The van der Waals surface area contributed by atoms with Gasteiger partial charge in [-0.25, -0.2) is 0 Å². The molecule has 0 spiro atoms. The highest BCUT2D eigenvalue weighted by Gasteiger charge is 2.23. The maximum absolute atomic E-state index is 8.82. The lowest BCUT2D eigenvalue weighted by Crippen LogP contribution is -1.85. The van der Waals surface area contributed by atoms with Crippen molar-refractivity contribution in [2.45, 2.75) is 12.8 Å². The van der Waals surface area contributed by atoms with E-state index in [0.29, 0.717) is 0 Å². The first-order valence-corrected chi connectivity index (χ1v) is 5.82. The average Bonchev–Trinajstić information content (AvgIpc) is 2.82. The van der Waals surface area contributed by atoms with Crippen LogP contribution in [0.25, 0.3) is 16.5 Å². The second-order valence-electron chi connectivity index (χ2n) is 4.25. The molecule has 0 fully saturated rings. The number of allylic oxidation sites excluding steroid dienone is 2. The lowest BCUT2D eigenvalue weighted by Gasteiger charge is -2.03. The van der Waals surface area contributed by atoms with Crippen LogP contribution < -0.4 is 0 Å². The fourth-order valence-corrected chi connectivity index (χ4v) is 2.80. The van der Waals surface area contributed by atoms with Crippen molar-refractivity contribution in [1.82, 2.24) is 9.78 Å². The molecular formula is C13H10ClN3. The van der Waals surface area contributed by atoms with Gasteiger partial charge in [0.25, 0.3) is 0 Å². The number of halogens is 1. The van der Waals surface area contributed by atoms with Gasteiger partial charge in [0.05, 0.1) is 11.6 Å². The molecule has 3 nitrogen and oxygen atoms in total. The Bertz CT molecular complexity index is 689. The van der Waals surface area contributed by atoms with Crippen LogP contribution in [-0.2, 0) is 13.5 Å². The van der Waals surface area contributed by atoms with Crippen LogP contribution in [0.3, 0.4) is 0 Å². The van der Waals surface area contributed by atoms with Crippen molar-refractivity contribution in [3.05, 3.63) is 34.5 Å². The molecule has 0 atom stereocenters. The first-order chi connectivity index (χ1) is 8.20. The van der Waals surface area contributed by atoms with Gasteiger partial charge in [0.2, 0.25) is 0 Å². The Morgan fingerprint density at radius 2 is 2.35 bits per heavy atom. The van der Waals surface area contributed by atoms with Gasteiger partial charge in [-0.15, -0.1) is 0 Å². The third-order valence-electron chi connectivity index (χ3n) is 3.18. The highest BCUT2D eigenvalue weighted by molar-refractivity contribution is 6.32. The quantitative estimate of drug-likeness (QED) is 0.668. The lowest BCUT2D eigenvalue weighted by molar-refractivity contribution is 0.780. The Labute approximate surface area is 104 Å². The Hall–Kier alpha value is -1.79. The third-order valence-corrected chi connectivity index (χ3v) is 3.52. The SMILES string of the molecule is Cn1cc2c3c(c(Cl)cc2n1)CCC3=CC#N. The van der Waals surface area contributed by atoms with Crippen LogP contribution in [0.4, 0.5) is 0 Å². The van der Waals surface area contributed by atoms with Crippen molar-refractivity contribution < 1.29 is 0 Å². The van der Waals surface area contributed by atoms with Crippen molar-refractivity contribution >= 4 is 28.1 Å². The summed E-state index contributed by atoms with van der Waals surface area (Å²) in [5.41, 5.74) is 4.22. The van der Waals surface area contributed by atoms with E-state index in [1.807, 2.05) is 19.3 Å². The summed E-state index contributed by atoms with van der Waals surface area (Å²) in [6.07, 6.45) is 5.40. The maximum Gasteiger partial charge on any atom is 0.0944 e. The van der Waals surface area contributed by atoms with Crippen molar-refractivity contribution in [3.63, 3.8) is 0 Å². The Balaban J connectivity index is 2.42. The minimum atomic E-state index is 0.757. The highest BCUT2D eigenvalue weighted by atomic mass is 35.5. The Morgan fingerprint density at radius 1 is 1.53 bits per heavy atom. The summed E-state index contributed by atoms with van der Waals surface area (Å²) in [5.74, 6) is 0. The van der Waals surface area contributed by atoms with Crippen LogP contribution in [0.15, 0.2) is 18.3 Å². The van der Waals surface area contributed by atoms with E-state index in [-0.39, 0.29) is 0 Å². The predicted octanol–water partition coefficient (Wildman–Crippen LogP) is 3.08. The van der Waals surface area contributed by atoms with E-state index in [1.165, 1.54) is 0 Å². The Morgan fingerprint density at radius 3 is 3.12 bits per heavy atom. The summed E-state index contributed by atoms with van der Waals surface area (Å²) in [6, 6.07) is 4.02. The summed E-state index contributed by atoms with van der Waals surface area (Å²) in [4.78, 5) is 0. The normalized spacial score (nSPS) is 16.4. The number of rotatable bonds is 0. The molecule has 0 aliphatic heterocycles. The van der Waals surface area contributed by atoms with E-state index in [4.69, 9.17) is 16.9 Å². The van der Waals surface area contributed by atoms with Crippen molar-refractivity contribution in [1.29, 1.82) is 5.26 Å². The van der Waals surface area contributed by atoms with Gasteiger partial charge in [-0.05, 0) is 35.6 Å². The van der Waals surface area contributed by atoms with Gasteiger partial charge >= 0.3 is 0 Å². The first-order valence-electron chi connectivity index (χ1n) is 5.44. The van der Waals surface area contributed by atoms with Gasteiger partial charge in [-0.3, -0.25) is 4.68 Å². The van der Waals surface area contributed by atoms with Gasteiger partial charge in [-0.2, -0.15) is 10.4 Å². The van der Waals surface area contributed by atoms with Crippen LogP contribution in [0, 0.1) is 11.3 Å². The monoisotopic (exact) mass is 243 g/mol. The molecule has 2 aromatic rings. The summed E-state index contributed by atoms with van der Waals surface area (Å²) in [7, 11) is 1.89. The number of nitrogens with zero attached hydrogens (tertiary/aromatic N) is 3. The molecule has 1 aromatic carbocycles. The molecule has 0 unspecified atom stereocenters. The van der Waals surface area contributed by atoms with Crippen molar-refractivity contribution in [2.75, 3.05) is 0 Å². The summed E-state index contributed by atoms with van der Waals surface area (Å²) < 4.78 is 1.78. The molecule has 1 aromatic heterocycles. The van der Waals surface area contributed by atoms with Crippen molar-refractivity contribution in [3.8, 4) is 6.07 Å². The van der Waals surface area contributed by atoms with E-state index in [1.54, 1.807) is 10.8 Å². The summed E-state index contributed by atoms with van der Waals surface area (Å²) >= 11 is 6.26. The molecule has 1 heterocycles. The minimum Gasteiger partial charge on any atom is -0.275 e. The lowest BCUT2D eigenvalue weighted by atomic mass is 10.0. The smallest absolute Gasteiger partial charge is 0.0944 e. The van der Waals surface area contributed by atoms with Gasteiger partial charge in [0, 0.05) is 29.7 Å². The molecule has 17 heavy (non-hydrogen) atoms. The number of nitriles is 1. The predicted molar refractivity (Wildman–Crippen MR) is 67.6 cm³/mol. The van der Waals surface area contributed by atoms with E-state index >= 15 is 0 Å². The number of benzene rings is 1. The standard InChI is InChI=1S/C13H10ClN3/c1-17-7-10-12(16-17)6-11(14)9-3-2-8(4-5-15)13(9)10/h4,6-7H,2-3H2,1H3. The molecular weight excluding hydrogens is 234 g/mol. The maximum atomic E-state index is 8.82. The molecule has 0 bridgehead atoms. The van der Waals surface area contributed by atoms with Crippen molar-refractivity contribution in [2.24, 2.45) is 7.05 Å². The zero-order chi connectivity index (χ0) is 12.0. The number of aryl methyl sites for hydroxylation is 1. The average molecular weight is 244 g/mol. The topological polar surface area (TPSA) is 41.6 Å². The largest absolute Gasteiger partial charge is 0.275 e. The second-order valence-corrected chi connectivity index (χ2v) is 4.65. The van der Waals surface area contributed by atoms with Gasteiger partial charge < -0.3 is 0 Å². The zero-order valence-electron chi connectivity index (χ0n) is 9.37. The Kier molecular flexibility index (Phi) is 2.20. The van der Waals surface area contributed by atoms with E-state index < -0.39 is 0 Å². The van der Waals surface area contributed by atoms with E-state index in [9.17, 15) is 0 Å². The molecule has 0 N–H and O–H groups in total.